The van der Waals surface area contributed by atoms with Crippen LogP contribution in [0.3, 0.4) is 0 Å². The summed E-state index contributed by atoms with van der Waals surface area (Å²) in [4.78, 5) is 11.3. The lowest BCUT2D eigenvalue weighted by Crippen LogP contribution is -2.59. The van der Waals surface area contributed by atoms with Crippen LogP contribution in [0.15, 0.2) is 0 Å². The van der Waals surface area contributed by atoms with Crippen LogP contribution >= 0.6 is 0 Å². The maximum absolute atomic E-state index is 12.9. The van der Waals surface area contributed by atoms with Gasteiger partial charge in [-0.25, -0.2) is 4.79 Å². The van der Waals surface area contributed by atoms with E-state index in [2.05, 4.69) is 0 Å². The van der Waals surface area contributed by atoms with Gasteiger partial charge in [0.05, 0.1) is 5.25 Å². The van der Waals surface area contributed by atoms with Crippen LogP contribution in [0, 0.1) is 17.3 Å². The average molecular weight is 294 g/mol. The molecule has 6 unspecified atom stereocenters. The lowest BCUT2D eigenvalue weighted by atomic mass is 9.65. The quantitative estimate of drug-likeness (QED) is 0.553. The van der Waals surface area contributed by atoms with Gasteiger partial charge in [-0.05, 0) is 18.8 Å². The minimum Gasteiger partial charge on any atom is -0.455 e. The molecule has 19 heavy (non-hydrogen) atoms. The summed E-state index contributed by atoms with van der Waals surface area (Å²) < 4.78 is 59.1. The third-order valence-electron chi connectivity index (χ3n) is 5.13. The van der Waals surface area contributed by atoms with Crippen molar-refractivity contribution in [3.8, 4) is 0 Å². The van der Waals surface area contributed by atoms with Crippen LogP contribution in [0.1, 0.15) is 19.8 Å². The van der Waals surface area contributed by atoms with E-state index in [0.717, 1.165) is 6.42 Å². The van der Waals surface area contributed by atoms with E-state index in [-0.39, 0.29) is 11.8 Å². The Morgan fingerprint density at radius 2 is 2.16 bits per heavy atom. The molecule has 0 N–H and O–H groups in total. The molecule has 6 atom stereocenters. The van der Waals surface area contributed by atoms with Gasteiger partial charge in [0.15, 0.2) is 0 Å². The van der Waals surface area contributed by atoms with Crippen molar-refractivity contribution in [2.24, 2.45) is 17.3 Å². The average Bonchev–Trinajstić information content (AvgIpc) is 2.84. The third-order valence-corrected chi connectivity index (χ3v) is 6.85. The first-order chi connectivity index (χ1) is 8.68. The second-order valence-electron chi connectivity index (χ2n) is 6.08. The summed E-state index contributed by atoms with van der Waals surface area (Å²) in [6.07, 6.45) is -0.339. The zero-order valence-corrected chi connectivity index (χ0v) is 10.8. The Morgan fingerprint density at radius 3 is 2.79 bits per heavy atom. The largest absolute Gasteiger partial charge is 0.455 e. The van der Waals surface area contributed by atoms with Crippen molar-refractivity contribution in [2.45, 2.75) is 43.1 Å². The second-order valence-corrected chi connectivity index (χ2v) is 7.86. The summed E-state index contributed by atoms with van der Waals surface area (Å²) >= 11 is 0. The molecule has 0 aromatic carbocycles. The van der Waals surface area contributed by atoms with Crippen LogP contribution in [-0.2, 0) is 23.8 Å². The summed E-state index contributed by atoms with van der Waals surface area (Å²) in [5, 5.41) is -0.534. The molecule has 106 valence electrons. The molecule has 1 saturated heterocycles. The number of ether oxygens (including phenoxy) is 1. The molecule has 0 aromatic rings. The highest BCUT2D eigenvalue weighted by Crippen LogP contribution is 2.80. The minimum absolute atomic E-state index is 0.167. The summed E-state index contributed by atoms with van der Waals surface area (Å²) in [7, 11) is -3.62. The zero-order valence-electron chi connectivity index (χ0n) is 10.0. The van der Waals surface area contributed by atoms with Crippen LogP contribution in [0.5, 0.6) is 0 Å². The van der Waals surface area contributed by atoms with E-state index in [9.17, 15) is 22.0 Å². The normalized spacial score (nSPS) is 52.1. The predicted octanol–water partition coefficient (Wildman–Crippen LogP) is 0.690. The monoisotopic (exact) mass is 294 g/mol. The van der Waals surface area contributed by atoms with Crippen molar-refractivity contribution in [1.82, 2.24) is 0 Å². The van der Waals surface area contributed by atoms with E-state index in [4.69, 9.17) is 8.92 Å². The molecule has 3 saturated carbocycles. The maximum atomic E-state index is 12.9. The highest BCUT2D eigenvalue weighted by atomic mass is 32.2. The molecule has 0 radical (unpaired) electrons. The van der Waals surface area contributed by atoms with Crippen LogP contribution in [0.4, 0.5) is 8.78 Å². The van der Waals surface area contributed by atoms with E-state index in [0.29, 0.717) is 13.3 Å². The van der Waals surface area contributed by atoms with E-state index >= 15 is 0 Å². The molecule has 4 rings (SSSR count). The molecule has 0 amide bonds. The third kappa shape index (κ3) is 1.22. The zero-order chi connectivity index (χ0) is 13.8. The highest BCUT2D eigenvalue weighted by molar-refractivity contribution is 7.87. The molecular formula is C11H12F2O5S. The Bertz CT molecular complexity index is 582. The first kappa shape index (κ1) is 12.0. The molecule has 4 aliphatic rings. The number of carbonyl (C=O) groups is 1. The van der Waals surface area contributed by atoms with Crippen LogP contribution in [-0.4, -0.2) is 37.8 Å². The van der Waals surface area contributed by atoms with Crippen molar-refractivity contribution >= 4 is 16.1 Å². The van der Waals surface area contributed by atoms with Gasteiger partial charge in [0.25, 0.3) is 10.1 Å². The topological polar surface area (TPSA) is 69.7 Å². The van der Waals surface area contributed by atoms with Crippen molar-refractivity contribution < 1.29 is 30.9 Å². The number of hydrogen-bond donors (Lipinski definition) is 0. The molecule has 1 spiro atoms. The van der Waals surface area contributed by atoms with Gasteiger partial charge >= 0.3 is 11.9 Å². The van der Waals surface area contributed by atoms with Gasteiger partial charge in [0.1, 0.15) is 12.2 Å². The standard InChI is InChI=1S/C11H12F2O5S/c1-10(12,13)9(14)17-8-7-6-5(19(15,16)18-7)2-4-3-11(4,6)8/h4-8H,2-3H2,1H3. The molecule has 0 aromatic heterocycles. The molecule has 5 nitrogen and oxygen atoms in total. The smallest absolute Gasteiger partial charge is 0.377 e. The number of esters is 1. The number of alkyl halides is 2. The first-order valence-corrected chi connectivity index (χ1v) is 7.66. The van der Waals surface area contributed by atoms with Gasteiger partial charge in [-0.3, -0.25) is 4.18 Å². The Hall–Kier alpha value is -0.760. The van der Waals surface area contributed by atoms with Crippen molar-refractivity contribution in [3.63, 3.8) is 0 Å². The molecule has 4 fully saturated rings. The molecule has 0 bridgehead atoms. The molecule has 3 aliphatic carbocycles. The summed E-state index contributed by atoms with van der Waals surface area (Å²) in [5.74, 6) is -5.18. The number of carbonyl (C=O) groups excluding carboxylic acids is 1. The van der Waals surface area contributed by atoms with Crippen LogP contribution in [0.25, 0.3) is 0 Å². The van der Waals surface area contributed by atoms with Gasteiger partial charge in [0, 0.05) is 18.3 Å². The van der Waals surface area contributed by atoms with Gasteiger partial charge in [-0.15, -0.1) is 0 Å². The minimum atomic E-state index is -3.62. The van der Waals surface area contributed by atoms with Gasteiger partial charge < -0.3 is 4.74 Å². The van der Waals surface area contributed by atoms with E-state index in [1.54, 1.807) is 0 Å². The van der Waals surface area contributed by atoms with E-state index in [1.807, 2.05) is 0 Å². The molecule has 1 aliphatic heterocycles. The Balaban J connectivity index is 1.62. The lowest BCUT2D eigenvalue weighted by Gasteiger charge is -2.46. The van der Waals surface area contributed by atoms with Gasteiger partial charge in [-0.2, -0.15) is 17.2 Å². The van der Waals surface area contributed by atoms with Gasteiger partial charge in [-0.1, -0.05) is 0 Å². The van der Waals surface area contributed by atoms with Crippen LogP contribution < -0.4 is 0 Å². The Kier molecular flexibility index (Phi) is 1.87. The number of rotatable bonds is 2. The fourth-order valence-electron chi connectivity index (χ4n) is 4.31. The fraction of sp³-hybridized carbons (Fsp3) is 0.909. The Morgan fingerprint density at radius 1 is 1.47 bits per heavy atom. The van der Waals surface area contributed by atoms with E-state index < -0.39 is 44.9 Å². The number of halogens is 2. The highest BCUT2D eigenvalue weighted by Gasteiger charge is 2.86. The molecule has 8 heteroatoms. The van der Waals surface area contributed by atoms with Crippen molar-refractivity contribution in [3.05, 3.63) is 0 Å². The summed E-state index contributed by atoms with van der Waals surface area (Å²) in [6.45, 7) is 0.469. The maximum Gasteiger partial charge on any atom is 0.377 e. The SMILES string of the molecule is CC(F)(F)C(=O)OC1C2OS(=O)(=O)C3CC4CC41C23. The van der Waals surface area contributed by atoms with Crippen molar-refractivity contribution in [2.75, 3.05) is 0 Å². The lowest BCUT2D eigenvalue weighted by molar-refractivity contribution is -0.207. The van der Waals surface area contributed by atoms with Crippen molar-refractivity contribution in [1.29, 1.82) is 0 Å². The first-order valence-electron chi connectivity index (χ1n) is 6.19. The molecular weight excluding hydrogens is 282 g/mol. The number of hydrogen-bond acceptors (Lipinski definition) is 5. The van der Waals surface area contributed by atoms with Crippen LogP contribution in [0.2, 0.25) is 0 Å². The Labute approximate surface area is 108 Å². The molecule has 1 heterocycles. The van der Waals surface area contributed by atoms with Gasteiger partial charge in [0.2, 0.25) is 0 Å². The fourth-order valence-corrected chi connectivity index (χ4v) is 6.22. The summed E-state index contributed by atoms with van der Waals surface area (Å²) in [6, 6.07) is 0. The summed E-state index contributed by atoms with van der Waals surface area (Å²) in [5.41, 5.74) is -0.403. The predicted molar refractivity (Wildman–Crippen MR) is 56.7 cm³/mol. The van der Waals surface area contributed by atoms with E-state index in [1.165, 1.54) is 0 Å². The second kappa shape index (κ2) is 2.95.